The van der Waals surface area contributed by atoms with Crippen LogP contribution in [0.3, 0.4) is 0 Å². The second-order valence-corrected chi connectivity index (χ2v) is 14.7. The quantitative estimate of drug-likeness (QED) is 0.127. The monoisotopic (exact) mass is 724 g/mol. The van der Waals surface area contributed by atoms with Gasteiger partial charge in [0.2, 0.25) is 0 Å². The van der Waals surface area contributed by atoms with Gasteiger partial charge in [-0.3, -0.25) is 14.9 Å². The van der Waals surface area contributed by atoms with Gasteiger partial charge in [0.1, 0.15) is 0 Å². The fraction of sp³-hybridized carbons (Fsp3) is 0.227. The second kappa shape index (κ2) is 14.7. The molecule has 0 amide bonds. The highest BCUT2D eigenvalue weighted by molar-refractivity contribution is 6.31. The summed E-state index contributed by atoms with van der Waals surface area (Å²) in [6.45, 7) is 8.72. The standard InChI is InChI=1S/C44H42Cl2N6/c1-29-43-39(37-15-3-5-17-41(37)51(43)25-31-11-9-13-33(45)21-31)23-35(48-29)27-50(20-8-7-19-47)28-36-24-40-38-16-4-6-18-42(38)52(44(40)30(2)49-36)26-32-12-10-14-34(46)22-32/h3-6,9-18,21-24H,7-8,19-20,25-28,47H2,1-2H3. The average molecular weight is 726 g/mol. The van der Waals surface area contributed by atoms with Gasteiger partial charge < -0.3 is 14.9 Å². The van der Waals surface area contributed by atoms with Crippen molar-refractivity contribution in [3.05, 3.63) is 153 Å². The normalized spacial score (nSPS) is 12.0. The van der Waals surface area contributed by atoms with E-state index < -0.39 is 0 Å². The molecule has 4 aromatic heterocycles. The van der Waals surface area contributed by atoms with Gasteiger partial charge in [0, 0.05) is 68.8 Å². The number of rotatable bonds is 12. The van der Waals surface area contributed by atoms with E-state index in [9.17, 15) is 0 Å². The lowest BCUT2D eigenvalue weighted by Crippen LogP contribution is -2.26. The lowest BCUT2D eigenvalue weighted by molar-refractivity contribution is 0.246. The number of halogens is 2. The van der Waals surface area contributed by atoms with E-state index in [1.165, 1.54) is 32.6 Å². The van der Waals surface area contributed by atoms with E-state index in [1.54, 1.807) is 0 Å². The minimum absolute atomic E-state index is 0.679. The first-order valence-electron chi connectivity index (χ1n) is 18.0. The summed E-state index contributed by atoms with van der Waals surface area (Å²) in [7, 11) is 0. The van der Waals surface area contributed by atoms with Gasteiger partial charge in [0.05, 0.1) is 33.8 Å². The molecule has 4 heterocycles. The van der Waals surface area contributed by atoms with Crippen molar-refractivity contribution in [3.63, 3.8) is 0 Å². The number of pyridine rings is 2. The Balaban J connectivity index is 1.15. The Labute approximate surface area is 314 Å². The van der Waals surface area contributed by atoms with Crippen molar-refractivity contribution in [2.45, 2.75) is 52.9 Å². The van der Waals surface area contributed by atoms with Gasteiger partial charge in [0.25, 0.3) is 0 Å². The molecule has 262 valence electrons. The molecule has 0 aliphatic carbocycles. The van der Waals surface area contributed by atoms with Crippen molar-refractivity contribution in [2.75, 3.05) is 13.1 Å². The topological polar surface area (TPSA) is 64.9 Å². The van der Waals surface area contributed by atoms with Gasteiger partial charge in [0.15, 0.2) is 0 Å². The summed E-state index contributed by atoms with van der Waals surface area (Å²) in [5.74, 6) is 0. The third-order valence-corrected chi connectivity index (χ3v) is 10.6. The first-order chi connectivity index (χ1) is 25.4. The molecule has 0 saturated carbocycles. The highest BCUT2D eigenvalue weighted by Crippen LogP contribution is 2.34. The molecule has 0 unspecified atom stereocenters. The number of aryl methyl sites for hydroxylation is 2. The maximum atomic E-state index is 6.38. The van der Waals surface area contributed by atoms with Gasteiger partial charge in [-0.15, -0.1) is 0 Å². The molecule has 8 rings (SSSR count). The molecule has 0 fully saturated rings. The summed E-state index contributed by atoms with van der Waals surface area (Å²) in [5, 5.41) is 6.42. The highest BCUT2D eigenvalue weighted by Gasteiger charge is 2.19. The first-order valence-corrected chi connectivity index (χ1v) is 18.8. The van der Waals surface area contributed by atoms with Gasteiger partial charge in [-0.05, 0) is 99.4 Å². The van der Waals surface area contributed by atoms with Gasteiger partial charge >= 0.3 is 0 Å². The van der Waals surface area contributed by atoms with Crippen LogP contribution in [0, 0.1) is 13.8 Å². The molecule has 0 aliphatic rings. The number of hydrogen-bond acceptors (Lipinski definition) is 4. The first kappa shape index (κ1) is 34.4. The summed E-state index contributed by atoms with van der Waals surface area (Å²) in [6.07, 6.45) is 1.98. The number of hydrogen-bond donors (Lipinski definition) is 1. The summed E-state index contributed by atoms with van der Waals surface area (Å²) in [4.78, 5) is 13.0. The van der Waals surface area contributed by atoms with Crippen LogP contribution in [0.1, 0.15) is 46.7 Å². The van der Waals surface area contributed by atoms with Crippen LogP contribution in [0.15, 0.2) is 109 Å². The largest absolute Gasteiger partial charge is 0.334 e. The van der Waals surface area contributed by atoms with Crippen LogP contribution < -0.4 is 5.73 Å². The molecule has 52 heavy (non-hydrogen) atoms. The molecule has 0 aliphatic heterocycles. The Bertz CT molecular complexity index is 2390. The van der Waals surface area contributed by atoms with E-state index in [0.717, 1.165) is 87.5 Å². The smallest absolute Gasteiger partial charge is 0.0711 e. The number of unbranched alkanes of at least 4 members (excludes halogenated alkanes) is 1. The summed E-state index contributed by atoms with van der Waals surface area (Å²) in [5.41, 5.74) is 17.2. The molecule has 0 saturated heterocycles. The molecule has 0 atom stereocenters. The number of nitrogens with zero attached hydrogens (tertiary/aromatic N) is 5. The number of fused-ring (bicyclic) bond motifs is 6. The fourth-order valence-corrected chi connectivity index (χ4v) is 8.37. The maximum Gasteiger partial charge on any atom is 0.0711 e. The van der Waals surface area contributed by atoms with Crippen molar-refractivity contribution in [3.8, 4) is 0 Å². The lowest BCUT2D eigenvalue weighted by Gasteiger charge is -2.22. The van der Waals surface area contributed by atoms with E-state index in [0.29, 0.717) is 19.6 Å². The third kappa shape index (κ3) is 6.80. The molecular weight excluding hydrogens is 683 g/mol. The Hall–Kier alpha value is -4.72. The summed E-state index contributed by atoms with van der Waals surface area (Å²) in [6, 6.07) is 38.1. The predicted molar refractivity (Wildman–Crippen MR) is 217 cm³/mol. The van der Waals surface area contributed by atoms with Crippen molar-refractivity contribution in [1.29, 1.82) is 0 Å². The van der Waals surface area contributed by atoms with Crippen LogP contribution in [-0.2, 0) is 26.2 Å². The predicted octanol–water partition coefficient (Wildman–Crippen LogP) is 10.5. The van der Waals surface area contributed by atoms with Crippen LogP contribution in [-0.4, -0.2) is 37.1 Å². The van der Waals surface area contributed by atoms with Gasteiger partial charge in [-0.2, -0.15) is 0 Å². The SMILES string of the molecule is Cc1nc(CN(CCCCN)Cc2cc3c4ccccc4n(Cc4cccc(Cl)c4)c3c(C)n2)cc2c3ccccc3n(Cc3cccc(Cl)c3)c12. The van der Waals surface area contributed by atoms with Crippen LogP contribution >= 0.6 is 23.2 Å². The molecule has 2 N–H and O–H groups in total. The van der Waals surface area contributed by atoms with Crippen molar-refractivity contribution in [2.24, 2.45) is 5.73 Å². The molecule has 8 heteroatoms. The third-order valence-electron chi connectivity index (χ3n) is 10.1. The Morgan fingerprint density at radius 1 is 0.577 bits per heavy atom. The second-order valence-electron chi connectivity index (χ2n) is 13.9. The zero-order chi connectivity index (χ0) is 35.8. The number of para-hydroxylation sites is 2. The molecule has 4 aromatic carbocycles. The van der Waals surface area contributed by atoms with Crippen molar-refractivity contribution >= 4 is 66.8 Å². The highest BCUT2D eigenvalue weighted by atomic mass is 35.5. The Morgan fingerprint density at radius 3 is 1.52 bits per heavy atom. The molecular formula is C44H42Cl2N6. The van der Waals surface area contributed by atoms with Crippen LogP contribution in [0.4, 0.5) is 0 Å². The van der Waals surface area contributed by atoms with E-state index in [1.807, 2.05) is 36.4 Å². The zero-order valence-corrected chi connectivity index (χ0v) is 31.1. The molecule has 0 radical (unpaired) electrons. The van der Waals surface area contributed by atoms with Crippen LogP contribution in [0.5, 0.6) is 0 Å². The minimum Gasteiger partial charge on any atom is -0.334 e. The fourth-order valence-electron chi connectivity index (χ4n) is 7.95. The Kier molecular flexibility index (Phi) is 9.73. The zero-order valence-electron chi connectivity index (χ0n) is 29.6. The Morgan fingerprint density at radius 2 is 1.06 bits per heavy atom. The minimum atomic E-state index is 0.679. The van der Waals surface area contributed by atoms with Crippen LogP contribution in [0.2, 0.25) is 10.0 Å². The summed E-state index contributed by atoms with van der Waals surface area (Å²) < 4.78 is 4.76. The summed E-state index contributed by atoms with van der Waals surface area (Å²) >= 11 is 12.8. The average Bonchev–Trinajstić information content (AvgIpc) is 3.61. The van der Waals surface area contributed by atoms with E-state index in [2.05, 4.69) is 101 Å². The van der Waals surface area contributed by atoms with Crippen LogP contribution in [0.25, 0.3) is 43.6 Å². The number of nitrogens with two attached hydrogens (primary N) is 1. The van der Waals surface area contributed by atoms with E-state index in [-0.39, 0.29) is 0 Å². The molecule has 0 bridgehead atoms. The van der Waals surface area contributed by atoms with E-state index >= 15 is 0 Å². The van der Waals surface area contributed by atoms with Crippen molar-refractivity contribution in [1.82, 2.24) is 24.0 Å². The molecule has 0 spiro atoms. The van der Waals surface area contributed by atoms with Crippen molar-refractivity contribution < 1.29 is 0 Å². The number of aromatic nitrogens is 4. The molecule has 8 aromatic rings. The number of benzene rings is 4. The lowest BCUT2D eigenvalue weighted by atomic mass is 10.1. The maximum absolute atomic E-state index is 6.38. The van der Waals surface area contributed by atoms with Gasteiger partial charge in [-0.1, -0.05) is 83.9 Å². The van der Waals surface area contributed by atoms with Gasteiger partial charge in [-0.25, -0.2) is 0 Å². The van der Waals surface area contributed by atoms with E-state index in [4.69, 9.17) is 38.9 Å². The molecule has 6 nitrogen and oxygen atoms in total.